The molecule has 130 valence electrons. The molecule has 0 amide bonds. The molecule has 0 heterocycles. The maximum atomic E-state index is 13.0. The fourth-order valence-electron chi connectivity index (χ4n) is 4.86. The van der Waals surface area contributed by atoms with Crippen LogP contribution < -0.4 is 0 Å². The first-order valence-electron chi connectivity index (χ1n) is 8.96. The van der Waals surface area contributed by atoms with Crippen LogP contribution in [0, 0.1) is 5.92 Å². The zero-order chi connectivity index (χ0) is 17.9. The van der Waals surface area contributed by atoms with Crippen LogP contribution in [0.15, 0.2) is 65.7 Å². The van der Waals surface area contributed by atoms with Crippen LogP contribution in [0.25, 0.3) is 11.6 Å². The topological polar surface area (TPSA) is 35.5 Å². The Labute approximate surface area is 152 Å². The second-order valence-electron chi connectivity index (χ2n) is 7.15. The van der Waals surface area contributed by atoms with Crippen molar-refractivity contribution in [3.8, 4) is 0 Å². The molecule has 2 atom stereocenters. The fraction of sp³-hybridized carbons (Fsp3) is 0.261. The van der Waals surface area contributed by atoms with E-state index in [4.69, 9.17) is 9.47 Å². The highest BCUT2D eigenvalue weighted by atomic mass is 16.7. The summed E-state index contributed by atoms with van der Waals surface area (Å²) in [6.07, 6.45) is 3.25. The highest BCUT2D eigenvalue weighted by molar-refractivity contribution is 6.34. The van der Waals surface area contributed by atoms with E-state index in [1.54, 1.807) is 14.2 Å². The van der Waals surface area contributed by atoms with Gasteiger partial charge in [0.2, 0.25) is 5.78 Å². The smallest absolute Gasteiger partial charge is 0.258 e. The SMILES string of the molecule is COC1(OC)C(=O)C2=C1C1/C(=C\c3ccccc3)CC1c1ccccc12. The highest BCUT2D eigenvalue weighted by Gasteiger charge is 2.64. The third-order valence-corrected chi connectivity index (χ3v) is 6.07. The Morgan fingerprint density at radius 3 is 2.42 bits per heavy atom. The van der Waals surface area contributed by atoms with Gasteiger partial charge in [0.25, 0.3) is 5.79 Å². The summed E-state index contributed by atoms with van der Waals surface area (Å²) >= 11 is 0. The normalized spacial score (nSPS) is 26.5. The Hall–Kier alpha value is -2.49. The Morgan fingerprint density at radius 2 is 1.69 bits per heavy atom. The van der Waals surface area contributed by atoms with E-state index in [2.05, 4.69) is 30.3 Å². The third kappa shape index (κ3) is 1.82. The third-order valence-electron chi connectivity index (χ3n) is 6.07. The van der Waals surface area contributed by atoms with E-state index in [-0.39, 0.29) is 11.7 Å². The molecule has 26 heavy (non-hydrogen) atoms. The molecule has 2 aromatic carbocycles. The Bertz CT molecular complexity index is 964. The molecule has 3 aliphatic rings. The van der Waals surface area contributed by atoms with E-state index >= 15 is 0 Å². The number of ketones is 1. The van der Waals surface area contributed by atoms with Gasteiger partial charge in [0.05, 0.1) is 0 Å². The van der Waals surface area contributed by atoms with Gasteiger partial charge in [-0.3, -0.25) is 4.79 Å². The lowest BCUT2D eigenvalue weighted by atomic mass is 9.51. The minimum atomic E-state index is -1.22. The fourth-order valence-corrected chi connectivity index (χ4v) is 4.86. The van der Waals surface area contributed by atoms with Crippen molar-refractivity contribution in [2.24, 2.45) is 5.92 Å². The lowest BCUT2D eigenvalue weighted by Gasteiger charge is -2.55. The van der Waals surface area contributed by atoms with Crippen LogP contribution in [0.5, 0.6) is 0 Å². The van der Waals surface area contributed by atoms with Gasteiger partial charge in [-0.1, -0.05) is 66.2 Å². The maximum Gasteiger partial charge on any atom is 0.258 e. The minimum absolute atomic E-state index is 0.0608. The lowest BCUT2D eigenvalue weighted by Crippen LogP contribution is -2.59. The number of allylic oxidation sites excluding steroid dienone is 1. The van der Waals surface area contributed by atoms with E-state index in [0.717, 1.165) is 23.1 Å². The summed E-state index contributed by atoms with van der Waals surface area (Å²) in [7, 11) is 3.11. The average molecular weight is 344 g/mol. The van der Waals surface area contributed by atoms with Crippen LogP contribution in [-0.2, 0) is 14.3 Å². The number of carbonyl (C=O) groups is 1. The van der Waals surface area contributed by atoms with E-state index in [0.29, 0.717) is 5.92 Å². The molecule has 1 fully saturated rings. The summed E-state index contributed by atoms with van der Waals surface area (Å²) < 4.78 is 11.2. The average Bonchev–Trinajstić information content (AvgIpc) is 2.67. The van der Waals surface area contributed by atoms with Crippen molar-refractivity contribution in [2.75, 3.05) is 14.2 Å². The summed E-state index contributed by atoms with van der Waals surface area (Å²) in [6.45, 7) is 0. The van der Waals surface area contributed by atoms with Crippen molar-refractivity contribution < 1.29 is 14.3 Å². The van der Waals surface area contributed by atoms with Crippen molar-refractivity contribution in [2.45, 2.75) is 18.1 Å². The molecule has 3 nitrogen and oxygen atoms in total. The van der Waals surface area contributed by atoms with Crippen LogP contribution in [0.2, 0.25) is 0 Å². The van der Waals surface area contributed by atoms with Crippen molar-refractivity contribution in [3.63, 3.8) is 0 Å². The first-order valence-corrected chi connectivity index (χ1v) is 8.96. The van der Waals surface area contributed by atoms with Gasteiger partial charge in [-0.2, -0.15) is 0 Å². The molecule has 2 unspecified atom stereocenters. The monoisotopic (exact) mass is 344 g/mol. The molecule has 3 aliphatic carbocycles. The summed E-state index contributed by atoms with van der Waals surface area (Å²) in [4.78, 5) is 13.0. The molecule has 1 saturated carbocycles. The zero-order valence-corrected chi connectivity index (χ0v) is 14.9. The van der Waals surface area contributed by atoms with Gasteiger partial charge in [-0.25, -0.2) is 0 Å². The largest absolute Gasteiger partial charge is 0.343 e. The number of hydrogen-bond acceptors (Lipinski definition) is 3. The van der Waals surface area contributed by atoms with E-state index < -0.39 is 5.79 Å². The number of methoxy groups -OCH3 is 2. The van der Waals surface area contributed by atoms with Crippen LogP contribution in [0.1, 0.15) is 29.0 Å². The van der Waals surface area contributed by atoms with Crippen molar-refractivity contribution >= 4 is 17.4 Å². The van der Waals surface area contributed by atoms with E-state index in [1.807, 2.05) is 30.3 Å². The van der Waals surface area contributed by atoms with Crippen molar-refractivity contribution in [1.29, 1.82) is 0 Å². The summed E-state index contributed by atoms with van der Waals surface area (Å²) in [6, 6.07) is 18.6. The van der Waals surface area contributed by atoms with Crippen LogP contribution in [0.4, 0.5) is 0 Å². The molecule has 0 aromatic heterocycles. The van der Waals surface area contributed by atoms with Crippen molar-refractivity contribution in [1.82, 2.24) is 0 Å². The van der Waals surface area contributed by atoms with Gasteiger partial charge >= 0.3 is 0 Å². The van der Waals surface area contributed by atoms with Crippen LogP contribution >= 0.6 is 0 Å². The summed E-state index contributed by atoms with van der Waals surface area (Å²) in [5, 5.41) is 0. The summed E-state index contributed by atoms with van der Waals surface area (Å²) in [5.74, 6) is -0.716. The predicted octanol–water partition coefficient (Wildman–Crippen LogP) is 4.21. The Kier molecular flexibility index (Phi) is 3.33. The lowest BCUT2D eigenvalue weighted by molar-refractivity contribution is -0.195. The molecular weight excluding hydrogens is 324 g/mol. The molecule has 3 heteroatoms. The molecule has 5 rings (SSSR count). The quantitative estimate of drug-likeness (QED) is 0.783. The van der Waals surface area contributed by atoms with Gasteiger partial charge in [0.15, 0.2) is 0 Å². The first-order chi connectivity index (χ1) is 12.7. The number of rotatable bonds is 3. The number of ether oxygens (including phenoxy) is 2. The second-order valence-corrected chi connectivity index (χ2v) is 7.15. The molecule has 0 N–H and O–H groups in total. The van der Waals surface area contributed by atoms with Crippen LogP contribution in [-0.4, -0.2) is 25.8 Å². The summed E-state index contributed by atoms with van der Waals surface area (Å²) in [5.41, 5.74) is 6.66. The number of hydrogen-bond donors (Lipinski definition) is 0. The van der Waals surface area contributed by atoms with Crippen molar-refractivity contribution in [3.05, 3.63) is 82.4 Å². The minimum Gasteiger partial charge on any atom is -0.343 e. The number of fused-ring (bicyclic) bond motifs is 5. The number of Topliss-reactive ketones (excluding diaryl/α,β-unsaturated/α-hetero) is 1. The van der Waals surface area contributed by atoms with E-state index in [9.17, 15) is 4.79 Å². The van der Waals surface area contributed by atoms with Gasteiger partial charge in [0, 0.05) is 31.3 Å². The van der Waals surface area contributed by atoms with E-state index in [1.165, 1.54) is 16.7 Å². The zero-order valence-electron chi connectivity index (χ0n) is 14.9. The van der Waals surface area contributed by atoms with Gasteiger partial charge in [-0.05, 0) is 29.0 Å². The predicted molar refractivity (Wildman–Crippen MR) is 100 cm³/mol. The Morgan fingerprint density at radius 1 is 1.00 bits per heavy atom. The molecule has 2 aromatic rings. The van der Waals surface area contributed by atoms with Crippen LogP contribution in [0.3, 0.4) is 0 Å². The van der Waals surface area contributed by atoms with Gasteiger partial charge in [0.1, 0.15) is 0 Å². The van der Waals surface area contributed by atoms with Gasteiger partial charge in [-0.15, -0.1) is 0 Å². The Balaban J connectivity index is 1.68. The van der Waals surface area contributed by atoms with Gasteiger partial charge < -0.3 is 9.47 Å². The molecule has 0 bridgehead atoms. The standard InChI is InChI=1S/C23H20O3/c1-25-23(26-2)21-19-15(12-14-8-4-3-5-9-14)13-18(19)16-10-6-7-11-17(16)20(21)22(23)24/h3-12,18-19H,13H2,1-2H3/b15-12-. The molecule has 0 spiro atoms. The second kappa shape index (κ2) is 5.50. The maximum absolute atomic E-state index is 13.0. The number of carbonyl (C=O) groups excluding carboxylic acids is 1. The molecule has 0 radical (unpaired) electrons. The number of benzene rings is 2. The first kappa shape index (κ1) is 15.7. The molecule has 0 saturated heterocycles. The molecular formula is C23H20O3. The molecule has 0 aliphatic heterocycles. The highest BCUT2D eigenvalue weighted by Crippen LogP contribution is 2.64.